The number of fused-ring (bicyclic) bond motifs is 1. The highest BCUT2D eigenvalue weighted by molar-refractivity contribution is 4.91. The van der Waals surface area contributed by atoms with E-state index in [1.807, 2.05) is 0 Å². The van der Waals surface area contributed by atoms with Gasteiger partial charge in [0.05, 0.1) is 6.61 Å². The second kappa shape index (κ2) is 3.32. The molecule has 0 aromatic carbocycles. The number of hydrogen-bond donors (Lipinski definition) is 1. The molecule has 0 radical (unpaired) electrons. The Hall–Kier alpha value is -0.120. The van der Waals surface area contributed by atoms with Crippen LogP contribution in [0, 0.1) is 0 Å². The second-order valence-electron chi connectivity index (χ2n) is 4.07. The number of aliphatic hydroxyl groups is 1. The number of aliphatic hydroxyl groups excluding tert-OH is 1. The first-order chi connectivity index (χ1) is 5.81. The van der Waals surface area contributed by atoms with Crippen molar-refractivity contribution in [2.75, 3.05) is 33.3 Å². The highest BCUT2D eigenvalue weighted by atomic mass is 16.3. The van der Waals surface area contributed by atoms with Crippen molar-refractivity contribution >= 4 is 0 Å². The molecule has 70 valence electrons. The lowest BCUT2D eigenvalue weighted by Gasteiger charge is -2.37. The monoisotopic (exact) mass is 170 g/mol. The summed E-state index contributed by atoms with van der Waals surface area (Å²) in [5, 5.41) is 9.12. The third kappa shape index (κ3) is 1.37. The van der Waals surface area contributed by atoms with E-state index >= 15 is 0 Å². The molecule has 2 saturated heterocycles. The van der Waals surface area contributed by atoms with E-state index in [0.29, 0.717) is 12.6 Å². The minimum Gasteiger partial charge on any atom is -0.395 e. The predicted octanol–water partition coefficient (Wildman–Crippen LogP) is -0.243. The van der Waals surface area contributed by atoms with Crippen LogP contribution in [0.5, 0.6) is 0 Å². The Morgan fingerprint density at radius 2 is 2.17 bits per heavy atom. The summed E-state index contributed by atoms with van der Waals surface area (Å²) in [5.41, 5.74) is 0. The fourth-order valence-electron chi connectivity index (χ4n) is 2.51. The molecule has 2 aliphatic heterocycles. The van der Waals surface area contributed by atoms with Gasteiger partial charge in [-0.1, -0.05) is 0 Å². The molecule has 2 rings (SSSR count). The molecule has 1 N–H and O–H groups in total. The van der Waals surface area contributed by atoms with Crippen LogP contribution >= 0.6 is 0 Å². The summed E-state index contributed by atoms with van der Waals surface area (Å²) >= 11 is 0. The van der Waals surface area contributed by atoms with Crippen LogP contribution in [0.1, 0.15) is 12.8 Å². The molecule has 0 saturated carbocycles. The number of likely N-dealkylation sites (N-methyl/N-ethyl adjacent to an activating group) is 1. The van der Waals surface area contributed by atoms with Crippen LogP contribution in [-0.2, 0) is 0 Å². The van der Waals surface area contributed by atoms with Gasteiger partial charge in [0.25, 0.3) is 0 Å². The Labute approximate surface area is 74.0 Å². The third-order valence-corrected chi connectivity index (χ3v) is 3.24. The average molecular weight is 170 g/mol. The molecule has 2 atom stereocenters. The molecule has 0 aromatic heterocycles. The van der Waals surface area contributed by atoms with Crippen LogP contribution in [0.2, 0.25) is 0 Å². The molecule has 0 aromatic rings. The van der Waals surface area contributed by atoms with Gasteiger partial charge in [0.2, 0.25) is 0 Å². The van der Waals surface area contributed by atoms with Gasteiger partial charge in [-0.25, -0.2) is 0 Å². The van der Waals surface area contributed by atoms with Crippen molar-refractivity contribution in [3.05, 3.63) is 0 Å². The zero-order valence-electron chi connectivity index (χ0n) is 7.74. The molecule has 0 unspecified atom stereocenters. The van der Waals surface area contributed by atoms with Crippen LogP contribution in [0.3, 0.4) is 0 Å². The smallest absolute Gasteiger partial charge is 0.0587 e. The quantitative estimate of drug-likeness (QED) is 0.588. The lowest BCUT2D eigenvalue weighted by atomic mass is 10.2. The molecule has 12 heavy (non-hydrogen) atoms. The van der Waals surface area contributed by atoms with E-state index < -0.39 is 0 Å². The standard InChI is InChI=1S/C9H18N2O/c1-10-4-5-11-8(6-10)2-3-9(11)7-12/h8-9,12H,2-7H2,1H3/t8-,9-/m0/s1. The molecular formula is C9H18N2O. The van der Waals surface area contributed by atoms with Crippen molar-refractivity contribution < 1.29 is 5.11 Å². The van der Waals surface area contributed by atoms with E-state index in [-0.39, 0.29) is 0 Å². The summed E-state index contributed by atoms with van der Waals surface area (Å²) in [4.78, 5) is 4.88. The van der Waals surface area contributed by atoms with Gasteiger partial charge in [-0.2, -0.15) is 0 Å². The zero-order valence-corrected chi connectivity index (χ0v) is 7.74. The Morgan fingerprint density at radius 3 is 2.92 bits per heavy atom. The van der Waals surface area contributed by atoms with E-state index in [1.165, 1.54) is 19.4 Å². The molecule has 0 aliphatic carbocycles. The lowest BCUT2D eigenvalue weighted by Crippen LogP contribution is -2.51. The topological polar surface area (TPSA) is 26.7 Å². The Kier molecular flexibility index (Phi) is 2.35. The second-order valence-corrected chi connectivity index (χ2v) is 4.07. The summed E-state index contributed by atoms with van der Waals surface area (Å²) in [6, 6.07) is 1.18. The lowest BCUT2D eigenvalue weighted by molar-refractivity contribution is 0.0685. The van der Waals surface area contributed by atoms with Crippen LogP contribution in [0.15, 0.2) is 0 Å². The first kappa shape index (κ1) is 8.48. The van der Waals surface area contributed by atoms with Crippen LogP contribution in [-0.4, -0.2) is 60.3 Å². The van der Waals surface area contributed by atoms with Gasteiger partial charge in [-0.3, -0.25) is 4.90 Å². The van der Waals surface area contributed by atoms with Gasteiger partial charge in [0, 0.05) is 31.7 Å². The van der Waals surface area contributed by atoms with E-state index in [4.69, 9.17) is 5.11 Å². The maximum Gasteiger partial charge on any atom is 0.0587 e. The van der Waals surface area contributed by atoms with Crippen LogP contribution < -0.4 is 0 Å². The van der Waals surface area contributed by atoms with Gasteiger partial charge >= 0.3 is 0 Å². The molecule has 2 heterocycles. The SMILES string of the molecule is CN1CCN2[C@H](CO)CC[C@H]2C1. The number of hydrogen-bond acceptors (Lipinski definition) is 3. The van der Waals surface area contributed by atoms with Crippen molar-refractivity contribution in [1.29, 1.82) is 0 Å². The summed E-state index contributed by atoms with van der Waals surface area (Å²) in [6.45, 7) is 3.84. The summed E-state index contributed by atoms with van der Waals surface area (Å²) in [5.74, 6) is 0. The van der Waals surface area contributed by atoms with Crippen LogP contribution in [0.4, 0.5) is 0 Å². The normalized spacial score (nSPS) is 38.5. The van der Waals surface area contributed by atoms with E-state index in [2.05, 4.69) is 16.8 Å². The van der Waals surface area contributed by atoms with Gasteiger partial charge in [0.15, 0.2) is 0 Å². The molecule has 3 nitrogen and oxygen atoms in total. The molecule has 0 amide bonds. The minimum atomic E-state index is 0.347. The van der Waals surface area contributed by atoms with Gasteiger partial charge in [0.1, 0.15) is 0 Å². The summed E-state index contributed by atoms with van der Waals surface area (Å²) in [7, 11) is 2.18. The summed E-state index contributed by atoms with van der Waals surface area (Å²) in [6.07, 6.45) is 2.46. The maximum absolute atomic E-state index is 9.12. The highest BCUT2D eigenvalue weighted by Crippen LogP contribution is 2.26. The van der Waals surface area contributed by atoms with Crippen molar-refractivity contribution in [1.82, 2.24) is 9.80 Å². The average Bonchev–Trinajstić information content (AvgIpc) is 2.46. The van der Waals surface area contributed by atoms with E-state index in [9.17, 15) is 0 Å². The molecule has 0 bridgehead atoms. The number of piperazine rings is 1. The fraction of sp³-hybridized carbons (Fsp3) is 1.00. The molecular weight excluding hydrogens is 152 g/mol. The van der Waals surface area contributed by atoms with Crippen molar-refractivity contribution in [2.45, 2.75) is 24.9 Å². The first-order valence-corrected chi connectivity index (χ1v) is 4.86. The predicted molar refractivity (Wildman–Crippen MR) is 48.1 cm³/mol. The van der Waals surface area contributed by atoms with Gasteiger partial charge < -0.3 is 10.0 Å². The summed E-state index contributed by atoms with van der Waals surface area (Å²) < 4.78 is 0. The van der Waals surface area contributed by atoms with Crippen molar-refractivity contribution in [3.63, 3.8) is 0 Å². The first-order valence-electron chi connectivity index (χ1n) is 4.86. The zero-order chi connectivity index (χ0) is 8.55. The molecule has 2 fully saturated rings. The highest BCUT2D eigenvalue weighted by Gasteiger charge is 2.35. The Morgan fingerprint density at radius 1 is 1.33 bits per heavy atom. The largest absolute Gasteiger partial charge is 0.395 e. The van der Waals surface area contributed by atoms with Gasteiger partial charge in [-0.15, -0.1) is 0 Å². The van der Waals surface area contributed by atoms with Crippen molar-refractivity contribution in [2.24, 2.45) is 0 Å². The minimum absolute atomic E-state index is 0.347. The van der Waals surface area contributed by atoms with Gasteiger partial charge in [-0.05, 0) is 19.9 Å². The third-order valence-electron chi connectivity index (χ3n) is 3.24. The van der Waals surface area contributed by atoms with E-state index in [1.54, 1.807) is 0 Å². The Balaban J connectivity index is 1.98. The Bertz CT molecular complexity index is 163. The van der Waals surface area contributed by atoms with Crippen molar-refractivity contribution in [3.8, 4) is 0 Å². The number of rotatable bonds is 1. The fourth-order valence-corrected chi connectivity index (χ4v) is 2.51. The van der Waals surface area contributed by atoms with Crippen LogP contribution in [0.25, 0.3) is 0 Å². The van der Waals surface area contributed by atoms with E-state index in [0.717, 1.165) is 19.1 Å². The molecule has 2 aliphatic rings. The maximum atomic E-state index is 9.12. The number of nitrogens with zero attached hydrogens (tertiary/aromatic N) is 2. The molecule has 3 heteroatoms. The molecule has 0 spiro atoms.